The van der Waals surface area contributed by atoms with Crippen LogP contribution in [0, 0.1) is 5.92 Å². The van der Waals surface area contributed by atoms with E-state index in [2.05, 4.69) is 15.6 Å². The molecule has 1 aromatic heterocycles. The van der Waals surface area contributed by atoms with Gasteiger partial charge in [0.15, 0.2) is 0 Å². The van der Waals surface area contributed by atoms with Gasteiger partial charge >= 0.3 is 6.09 Å². The number of nitrogens with one attached hydrogen (secondary N) is 2. The number of anilines is 1. The molecule has 1 fully saturated rings. The molecule has 0 bridgehead atoms. The molecule has 1 aliphatic carbocycles. The van der Waals surface area contributed by atoms with Gasteiger partial charge in [0.1, 0.15) is 23.8 Å². The maximum Gasteiger partial charge on any atom is 0.404 e. The highest BCUT2D eigenvalue weighted by atomic mass is 19.3. The van der Waals surface area contributed by atoms with E-state index >= 15 is 0 Å². The summed E-state index contributed by atoms with van der Waals surface area (Å²) in [6.45, 7) is 1.51. The Morgan fingerprint density at radius 3 is 2.55 bits per heavy atom. The highest BCUT2D eigenvalue weighted by Gasteiger charge is 2.57. The largest absolute Gasteiger partial charge is 0.506 e. The van der Waals surface area contributed by atoms with E-state index < -0.39 is 29.9 Å². The van der Waals surface area contributed by atoms with Crippen molar-refractivity contribution < 1.29 is 38.1 Å². The molecule has 3 rings (SSSR count). The van der Waals surface area contributed by atoms with Crippen LogP contribution in [0.2, 0.25) is 0 Å². The zero-order chi connectivity index (χ0) is 22.6. The molecule has 2 atom stereocenters. The lowest BCUT2D eigenvalue weighted by atomic mass is 10.2. The molecule has 166 valence electrons. The Labute approximate surface area is 176 Å². The molecule has 1 saturated carbocycles. The minimum atomic E-state index is -2.65. The molecule has 11 heteroatoms. The van der Waals surface area contributed by atoms with E-state index in [4.69, 9.17) is 14.6 Å². The minimum absolute atomic E-state index is 0.00272. The standard InChI is InChI=1S/C20H21F2N3O6/c1-11(24-19(28)29)9-31-17-6-16(26)15(8-23-17)25-18(27)12-2-4-14(5-3-12)30-10-13-7-20(13,21)22/h2-6,8,11,13,24H,7,9-10H2,1H3,(H,23,26)(H,25,27)(H,28,29)/t11-,13+/m0/s1. The number of halogens is 2. The zero-order valence-electron chi connectivity index (χ0n) is 16.5. The molecule has 2 amide bonds. The first kappa shape index (κ1) is 22.1. The van der Waals surface area contributed by atoms with Crippen molar-refractivity contribution in [3.63, 3.8) is 0 Å². The number of hydrogen-bond donors (Lipinski definition) is 4. The Balaban J connectivity index is 1.52. The molecule has 0 spiro atoms. The summed E-state index contributed by atoms with van der Waals surface area (Å²) in [6.07, 6.45) is -0.160. The summed E-state index contributed by atoms with van der Waals surface area (Å²) in [5.74, 6) is -3.80. The second kappa shape index (κ2) is 9.02. The number of nitrogens with zero attached hydrogens (tertiary/aromatic N) is 1. The van der Waals surface area contributed by atoms with Crippen LogP contribution in [-0.4, -0.2) is 52.4 Å². The second-order valence-corrected chi connectivity index (χ2v) is 7.15. The Kier molecular flexibility index (Phi) is 6.42. The van der Waals surface area contributed by atoms with Crippen LogP contribution in [0.4, 0.5) is 19.3 Å². The van der Waals surface area contributed by atoms with Crippen LogP contribution in [0.1, 0.15) is 23.7 Å². The fraction of sp³-hybridized carbons (Fsp3) is 0.350. The number of carbonyl (C=O) groups is 2. The van der Waals surface area contributed by atoms with Crippen molar-refractivity contribution in [1.29, 1.82) is 0 Å². The molecule has 1 heterocycles. The number of alkyl halides is 2. The summed E-state index contributed by atoms with van der Waals surface area (Å²) >= 11 is 0. The first-order valence-corrected chi connectivity index (χ1v) is 9.37. The molecule has 0 aliphatic heterocycles. The van der Waals surface area contributed by atoms with Crippen molar-refractivity contribution in [3.8, 4) is 17.4 Å². The number of rotatable bonds is 9. The van der Waals surface area contributed by atoms with Crippen LogP contribution in [0.15, 0.2) is 36.5 Å². The van der Waals surface area contributed by atoms with Gasteiger partial charge in [-0.2, -0.15) is 0 Å². The van der Waals surface area contributed by atoms with Gasteiger partial charge in [-0.3, -0.25) is 4.79 Å². The van der Waals surface area contributed by atoms with Gasteiger partial charge in [0.25, 0.3) is 11.8 Å². The van der Waals surface area contributed by atoms with Crippen LogP contribution >= 0.6 is 0 Å². The monoisotopic (exact) mass is 437 g/mol. The van der Waals surface area contributed by atoms with Gasteiger partial charge in [-0.05, 0) is 31.2 Å². The molecule has 0 unspecified atom stereocenters. The summed E-state index contributed by atoms with van der Waals surface area (Å²) in [6, 6.07) is 6.62. The van der Waals surface area contributed by atoms with Gasteiger partial charge in [0.2, 0.25) is 5.88 Å². The highest BCUT2D eigenvalue weighted by molar-refractivity contribution is 6.05. The number of carboxylic acid groups (broad SMARTS) is 1. The van der Waals surface area contributed by atoms with E-state index in [-0.39, 0.29) is 42.5 Å². The van der Waals surface area contributed by atoms with E-state index in [9.17, 15) is 23.5 Å². The van der Waals surface area contributed by atoms with E-state index in [1.165, 1.54) is 36.5 Å². The molecule has 31 heavy (non-hydrogen) atoms. The van der Waals surface area contributed by atoms with Gasteiger partial charge in [-0.15, -0.1) is 0 Å². The third-order valence-corrected chi connectivity index (χ3v) is 4.48. The molecule has 4 N–H and O–H groups in total. The predicted octanol–water partition coefficient (Wildman–Crippen LogP) is 3.11. The van der Waals surface area contributed by atoms with Gasteiger partial charge in [0.05, 0.1) is 24.8 Å². The Morgan fingerprint density at radius 2 is 1.97 bits per heavy atom. The average molecular weight is 437 g/mol. The summed E-state index contributed by atoms with van der Waals surface area (Å²) in [5, 5.41) is 23.4. The van der Waals surface area contributed by atoms with Crippen LogP contribution in [0.3, 0.4) is 0 Å². The van der Waals surface area contributed by atoms with Gasteiger partial charge < -0.3 is 30.3 Å². The van der Waals surface area contributed by atoms with Crippen LogP contribution in [0.25, 0.3) is 0 Å². The van der Waals surface area contributed by atoms with Crippen molar-refractivity contribution in [3.05, 3.63) is 42.1 Å². The number of hydrogen-bond acceptors (Lipinski definition) is 6. The summed E-state index contributed by atoms with van der Waals surface area (Å²) < 4.78 is 36.3. The molecule has 0 radical (unpaired) electrons. The quantitative estimate of drug-likeness (QED) is 0.474. The van der Waals surface area contributed by atoms with Gasteiger partial charge in [-0.25, -0.2) is 18.6 Å². The van der Waals surface area contributed by atoms with Crippen molar-refractivity contribution in [2.45, 2.75) is 25.3 Å². The Morgan fingerprint density at radius 1 is 1.29 bits per heavy atom. The van der Waals surface area contributed by atoms with Crippen molar-refractivity contribution >= 4 is 17.7 Å². The van der Waals surface area contributed by atoms with E-state index in [1.807, 2.05) is 0 Å². The number of pyridine rings is 1. The maximum absolute atomic E-state index is 12.9. The summed E-state index contributed by atoms with van der Waals surface area (Å²) in [5.41, 5.74) is 0.308. The molecule has 1 aromatic carbocycles. The lowest BCUT2D eigenvalue weighted by molar-refractivity contribution is 0.0856. The highest BCUT2D eigenvalue weighted by Crippen LogP contribution is 2.48. The van der Waals surface area contributed by atoms with Gasteiger partial charge in [-0.1, -0.05) is 0 Å². The Bertz CT molecular complexity index is 954. The molecular weight excluding hydrogens is 416 g/mol. The van der Waals surface area contributed by atoms with Crippen LogP contribution in [0.5, 0.6) is 17.4 Å². The predicted molar refractivity (Wildman–Crippen MR) is 105 cm³/mol. The fourth-order valence-electron chi connectivity index (χ4n) is 2.61. The van der Waals surface area contributed by atoms with Gasteiger partial charge in [0, 0.05) is 18.1 Å². The van der Waals surface area contributed by atoms with E-state index in [0.717, 1.165) is 0 Å². The number of amides is 2. The van der Waals surface area contributed by atoms with Crippen molar-refractivity contribution in [2.75, 3.05) is 18.5 Å². The van der Waals surface area contributed by atoms with Crippen LogP contribution in [-0.2, 0) is 0 Å². The normalized spacial score (nSPS) is 17.3. The number of aromatic hydroxyl groups is 1. The molecule has 0 saturated heterocycles. The molecule has 9 nitrogen and oxygen atoms in total. The van der Waals surface area contributed by atoms with E-state index in [1.54, 1.807) is 6.92 Å². The second-order valence-electron chi connectivity index (χ2n) is 7.15. The number of aromatic nitrogens is 1. The fourth-order valence-corrected chi connectivity index (χ4v) is 2.61. The van der Waals surface area contributed by atoms with Crippen molar-refractivity contribution in [1.82, 2.24) is 10.3 Å². The maximum atomic E-state index is 12.9. The lowest BCUT2D eigenvalue weighted by Gasteiger charge is -2.13. The average Bonchev–Trinajstić information content (AvgIpc) is 3.33. The van der Waals surface area contributed by atoms with Crippen molar-refractivity contribution in [2.24, 2.45) is 5.92 Å². The smallest absolute Gasteiger partial charge is 0.404 e. The minimum Gasteiger partial charge on any atom is -0.506 e. The summed E-state index contributed by atoms with van der Waals surface area (Å²) in [4.78, 5) is 26.9. The number of benzene rings is 1. The first-order chi connectivity index (χ1) is 14.6. The number of ether oxygens (including phenoxy) is 2. The molecular formula is C20H21F2N3O6. The topological polar surface area (TPSA) is 130 Å². The third kappa shape index (κ3) is 6.17. The third-order valence-electron chi connectivity index (χ3n) is 4.48. The van der Waals surface area contributed by atoms with Crippen LogP contribution < -0.4 is 20.1 Å². The zero-order valence-corrected chi connectivity index (χ0v) is 16.5. The number of carbonyl (C=O) groups excluding carboxylic acids is 1. The summed E-state index contributed by atoms with van der Waals surface area (Å²) in [7, 11) is 0. The molecule has 2 aromatic rings. The SMILES string of the molecule is C[C@@H](COc1cc(O)c(NC(=O)c2ccc(OC[C@H]3CC3(F)F)cc2)cn1)NC(=O)O. The first-order valence-electron chi connectivity index (χ1n) is 9.37. The Hall–Kier alpha value is -3.63. The van der Waals surface area contributed by atoms with E-state index in [0.29, 0.717) is 5.75 Å². The lowest BCUT2D eigenvalue weighted by Crippen LogP contribution is -2.35. The molecule has 1 aliphatic rings.